The van der Waals surface area contributed by atoms with E-state index in [9.17, 15) is 9.59 Å². The number of rotatable bonds is 8. The Labute approximate surface area is 180 Å². The van der Waals surface area contributed by atoms with Gasteiger partial charge in [-0.15, -0.1) is 10.2 Å². The van der Waals surface area contributed by atoms with Gasteiger partial charge >= 0.3 is 0 Å². The lowest BCUT2D eigenvalue weighted by Gasteiger charge is -2.09. The summed E-state index contributed by atoms with van der Waals surface area (Å²) < 4.78 is 1.79. The van der Waals surface area contributed by atoms with Crippen molar-refractivity contribution in [3.8, 4) is 0 Å². The maximum atomic E-state index is 12.4. The number of nitrogens with zero attached hydrogens (tertiary/aromatic N) is 3. The van der Waals surface area contributed by atoms with E-state index < -0.39 is 0 Å². The summed E-state index contributed by atoms with van der Waals surface area (Å²) in [6, 6.07) is 15.2. The molecule has 0 aliphatic heterocycles. The van der Waals surface area contributed by atoms with Gasteiger partial charge in [0, 0.05) is 18.3 Å². The van der Waals surface area contributed by atoms with Gasteiger partial charge in [0.25, 0.3) is 5.91 Å². The summed E-state index contributed by atoms with van der Waals surface area (Å²) in [7, 11) is 1.82. The van der Waals surface area contributed by atoms with Gasteiger partial charge in [0.05, 0.1) is 12.3 Å². The molecule has 30 heavy (non-hydrogen) atoms. The van der Waals surface area contributed by atoms with Gasteiger partial charge in [-0.2, -0.15) is 0 Å². The first-order chi connectivity index (χ1) is 14.5. The smallest absolute Gasteiger partial charge is 0.251 e. The third-order valence-corrected chi connectivity index (χ3v) is 5.75. The molecule has 0 fully saturated rings. The first-order valence-electron chi connectivity index (χ1n) is 9.72. The first kappa shape index (κ1) is 21.6. The van der Waals surface area contributed by atoms with Crippen LogP contribution in [0.2, 0.25) is 0 Å². The summed E-state index contributed by atoms with van der Waals surface area (Å²) in [4.78, 5) is 24.7. The molecule has 0 radical (unpaired) electrons. The number of benzene rings is 2. The van der Waals surface area contributed by atoms with Gasteiger partial charge in [-0.05, 0) is 36.6 Å². The number of amides is 2. The maximum Gasteiger partial charge on any atom is 0.251 e. The van der Waals surface area contributed by atoms with Crippen LogP contribution in [0.25, 0.3) is 0 Å². The molecule has 0 saturated heterocycles. The fourth-order valence-corrected chi connectivity index (χ4v) is 3.70. The van der Waals surface area contributed by atoms with Crippen LogP contribution in [0.4, 0.5) is 5.69 Å². The van der Waals surface area contributed by atoms with Crippen LogP contribution >= 0.6 is 11.8 Å². The van der Waals surface area contributed by atoms with E-state index in [0.717, 1.165) is 23.2 Å². The molecule has 0 saturated carbocycles. The molecule has 2 aromatic carbocycles. The van der Waals surface area contributed by atoms with Gasteiger partial charge in [0.2, 0.25) is 5.91 Å². The quantitative estimate of drug-likeness (QED) is 0.543. The predicted octanol–water partition coefficient (Wildman–Crippen LogP) is 3.35. The molecule has 0 spiro atoms. The van der Waals surface area contributed by atoms with E-state index in [2.05, 4.69) is 27.8 Å². The Balaban J connectivity index is 1.54. The topological polar surface area (TPSA) is 88.9 Å². The van der Waals surface area contributed by atoms with Crippen LogP contribution in [0.1, 0.15) is 34.2 Å². The molecular weight excluding hydrogens is 398 g/mol. The molecule has 8 heteroatoms. The van der Waals surface area contributed by atoms with Crippen LogP contribution < -0.4 is 10.6 Å². The standard InChI is InChI=1S/C22H25N5O2S/c1-4-16-10-6-8-12-18(16)24-20(28)14-30-22-26-25-19(27(22)3)13-23-21(29)17-11-7-5-9-15(17)2/h5-12H,4,13-14H2,1-3H3,(H,23,29)(H,24,28). The largest absolute Gasteiger partial charge is 0.345 e. The molecule has 0 unspecified atom stereocenters. The van der Waals surface area contributed by atoms with E-state index in [1.807, 2.05) is 56.4 Å². The summed E-state index contributed by atoms with van der Waals surface area (Å²) >= 11 is 1.31. The molecule has 2 amide bonds. The zero-order valence-electron chi connectivity index (χ0n) is 17.3. The summed E-state index contributed by atoms with van der Waals surface area (Å²) in [5.74, 6) is 0.591. The molecule has 7 nitrogen and oxygen atoms in total. The average Bonchev–Trinajstić information content (AvgIpc) is 3.10. The van der Waals surface area contributed by atoms with Gasteiger partial charge in [0.1, 0.15) is 0 Å². The highest BCUT2D eigenvalue weighted by atomic mass is 32.2. The molecular formula is C22H25N5O2S. The minimum atomic E-state index is -0.153. The Bertz CT molecular complexity index is 1050. The Morgan fingerprint density at radius 1 is 1.07 bits per heavy atom. The monoisotopic (exact) mass is 423 g/mol. The second-order valence-electron chi connectivity index (χ2n) is 6.80. The van der Waals surface area contributed by atoms with Crippen molar-refractivity contribution in [3.63, 3.8) is 0 Å². The molecule has 0 aliphatic carbocycles. The van der Waals surface area contributed by atoms with E-state index >= 15 is 0 Å². The third-order valence-electron chi connectivity index (χ3n) is 4.73. The minimum Gasteiger partial charge on any atom is -0.345 e. The fourth-order valence-electron chi connectivity index (χ4n) is 2.97. The molecule has 1 heterocycles. The van der Waals surface area contributed by atoms with Crippen LogP contribution in [0.5, 0.6) is 0 Å². The summed E-state index contributed by atoms with van der Waals surface area (Å²) in [5, 5.41) is 14.7. The van der Waals surface area contributed by atoms with Crippen molar-refractivity contribution in [2.45, 2.75) is 32.0 Å². The van der Waals surface area contributed by atoms with Gasteiger partial charge in [-0.1, -0.05) is 55.1 Å². The van der Waals surface area contributed by atoms with E-state index in [1.54, 1.807) is 10.6 Å². The molecule has 1 aromatic heterocycles. The number of aryl methyl sites for hydroxylation is 2. The number of aromatic nitrogens is 3. The molecule has 3 rings (SSSR count). The second kappa shape index (κ2) is 10.1. The number of para-hydroxylation sites is 1. The highest BCUT2D eigenvalue weighted by molar-refractivity contribution is 7.99. The highest BCUT2D eigenvalue weighted by Crippen LogP contribution is 2.19. The van der Waals surface area contributed by atoms with Crippen molar-refractivity contribution < 1.29 is 9.59 Å². The lowest BCUT2D eigenvalue weighted by Crippen LogP contribution is -2.25. The van der Waals surface area contributed by atoms with Gasteiger partial charge in [-0.3, -0.25) is 9.59 Å². The van der Waals surface area contributed by atoms with Crippen LogP contribution in [0.3, 0.4) is 0 Å². The normalized spacial score (nSPS) is 10.6. The predicted molar refractivity (Wildman–Crippen MR) is 119 cm³/mol. The van der Waals surface area contributed by atoms with Gasteiger partial charge in [-0.25, -0.2) is 0 Å². The molecule has 0 aliphatic rings. The van der Waals surface area contributed by atoms with Gasteiger partial charge < -0.3 is 15.2 Å². The van der Waals surface area contributed by atoms with Gasteiger partial charge in [0.15, 0.2) is 11.0 Å². The molecule has 0 atom stereocenters. The molecule has 0 bridgehead atoms. The fraction of sp³-hybridized carbons (Fsp3) is 0.273. The van der Waals surface area contributed by atoms with Crippen molar-refractivity contribution in [1.82, 2.24) is 20.1 Å². The minimum absolute atomic E-state index is 0.0988. The lowest BCUT2D eigenvalue weighted by molar-refractivity contribution is -0.113. The molecule has 2 N–H and O–H groups in total. The number of carbonyl (C=O) groups is 2. The number of carbonyl (C=O) groups excluding carboxylic acids is 2. The molecule has 156 valence electrons. The van der Waals surface area contributed by atoms with Crippen molar-refractivity contribution in [1.29, 1.82) is 0 Å². The zero-order valence-corrected chi connectivity index (χ0v) is 18.1. The Hall–Kier alpha value is -3.13. The first-order valence-corrected chi connectivity index (χ1v) is 10.7. The Morgan fingerprint density at radius 3 is 2.57 bits per heavy atom. The maximum absolute atomic E-state index is 12.4. The van der Waals surface area contributed by atoms with Crippen LogP contribution in [0, 0.1) is 6.92 Å². The van der Waals surface area contributed by atoms with Crippen molar-refractivity contribution in [3.05, 3.63) is 71.0 Å². The Kier molecular flexibility index (Phi) is 7.24. The summed E-state index contributed by atoms with van der Waals surface area (Å²) in [6.45, 7) is 4.21. The van der Waals surface area contributed by atoms with E-state index in [1.165, 1.54) is 11.8 Å². The number of nitrogens with one attached hydrogen (secondary N) is 2. The third kappa shape index (κ3) is 5.27. The number of hydrogen-bond acceptors (Lipinski definition) is 5. The Morgan fingerprint density at radius 2 is 1.80 bits per heavy atom. The van der Waals surface area contributed by atoms with Crippen molar-refractivity contribution in [2.24, 2.45) is 7.05 Å². The van der Waals surface area contributed by atoms with Crippen molar-refractivity contribution in [2.75, 3.05) is 11.1 Å². The van der Waals surface area contributed by atoms with E-state index in [4.69, 9.17) is 0 Å². The average molecular weight is 424 g/mol. The van der Waals surface area contributed by atoms with Crippen molar-refractivity contribution >= 4 is 29.3 Å². The van der Waals surface area contributed by atoms with Crippen LogP contribution in [0.15, 0.2) is 53.7 Å². The van der Waals surface area contributed by atoms with Crippen LogP contribution in [-0.4, -0.2) is 32.3 Å². The number of hydrogen-bond donors (Lipinski definition) is 2. The van der Waals surface area contributed by atoms with E-state index in [-0.39, 0.29) is 24.1 Å². The van der Waals surface area contributed by atoms with Crippen LogP contribution in [-0.2, 0) is 24.8 Å². The number of anilines is 1. The lowest BCUT2D eigenvalue weighted by atomic mass is 10.1. The molecule has 3 aromatic rings. The highest BCUT2D eigenvalue weighted by Gasteiger charge is 2.14. The zero-order chi connectivity index (χ0) is 21.5. The number of thioether (sulfide) groups is 1. The summed E-state index contributed by atoms with van der Waals surface area (Å²) in [5.41, 5.74) is 3.49. The SMILES string of the molecule is CCc1ccccc1NC(=O)CSc1nnc(CNC(=O)c2ccccc2C)n1C. The summed E-state index contributed by atoms with van der Waals surface area (Å²) in [6.07, 6.45) is 0.852. The second-order valence-corrected chi connectivity index (χ2v) is 7.75. The van der Waals surface area contributed by atoms with E-state index in [0.29, 0.717) is 16.5 Å².